The van der Waals surface area contributed by atoms with Crippen molar-refractivity contribution >= 4 is 44.5 Å². The first-order chi connectivity index (χ1) is 14.5. The molecule has 0 aliphatic rings. The number of rotatable bonds is 6. The highest BCUT2D eigenvalue weighted by molar-refractivity contribution is 9.10. The van der Waals surface area contributed by atoms with Gasteiger partial charge >= 0.3 is 0 Å². The maximum absolute atomic E-state index is 13.1. The van der Waals surface area contributed by atoms with Crippen LogP contribution in [0.25, 0.3) is 10.9 Å². The van der Waals surface area contributed by atoms with Crippen molar-refractivity contribution in [1.29, 1.82) is 0 Å². The van der Waals surface area contributed by atoms with Gasteiger partial charge in [-0.1, -0.05) is 63.6 Å². The molecule has 4 rings (SSSR count). The number of aromatic amines is 1. The van der Waals surface area contributed by atoms with Gasteiger partial charge < -0.3 is 15.0 Å². The molecule has 0 radical (unpaired) electrons. The van der Waals surface area contributed by atoms with Crippen molar-refractivity contribution in [2.24, 2.45) is 0 Å². The van der Waals surface area contributed by atoms with E-state index in [-0.39, 0.29) is 5.91 Å². The number of ether oxygens (including phenoxy) is 1. The van der Waals surface area contributed by atoms with Gasteiger partial charge in [0.15, 0.2) is 0 Å². The highest BCUT2D eigenvalue weighted by Gasteiger charge is 2.19. The van der Waals surface area contributed by atoms with Gasteiger partial charge in [-0.05, 0) is 42.8 Å². The predicted molar refractivity (Wildman–Crippen MR) is 125 cm³/mol. The van der Waals surface area contributed by atoms with Crippen molar-refractivity contribution in [2.45, 2.75) is 23.3 Å². The van der Waals surface area contributed by atoms with Gasteiger partial charge in [0.1, 0.15) is 11.4 Å². The minimum atomic E-state index is -0.143. The minimum absolute atomic E-state index is 0.143. The molecule has 0 fully saturated rings. The number of carbonyl (C=O) groups excluding carboxylic acids is 1. The quantitative estimate of drug-likeness (QED) is 0.339. The van der Waals surface area contributed by atoms with Crippen molar-refractivity contribution in [3.63, 3.8) is 0 Å². The number of aryl methyl sites for hydroxylation is 1. The molecular weight excluding hydrogens is 460 g/mol. The average molecular weight is 481 g/mol. The lowest BCUT2D eigenvalue weighted by molar-refractivity contribution is 0.0943. The van der Waals surface area contributed by atoms with Crippen LogP contribution in [0.15, 0.2) is 81.0 Å². The summed E-state index contributed by atoms with van der Waals surface area (Å²) in [6, 6.07) is 22.0. The predicted octanol–water partition coefficient (Wildman–Crippen LogP) is 6.33. The third kappa shape index (κ3) is 4.40. The number of amides is 1. The Morgan fingerprint density at radius 1 is 1.10 bits per heavy atom. The Bertz CT molecular complexity index is 1200. The summed E-state index contributed by atoms with van der Waals surface area (Å²) in [4.78, 5) is 18.4. The summed E-state index contributed by atoms with van der Waals surface area (Å²) in [6.07, 6.45) is 0. The van der Waals surface area contributed by atoms with Crippen LogP contribution in [-0.4, -0.2) is 18.0 Å². The van der Waals surface area contributed by atoms with E-state index in [1.807, 2.05) is 42.5 Å². The summed E-state index contributed by atoms with van der Waals surface area (Å²) in [5.74, 6) is 0.603. The molecule has 0 spiro atoms. The van der Waals surface area contributed by atoms with E-state index < -0.39 is 0 Å². The molecule has 4 aromatic rings. The fourth-order valence-electron chi connectivity index (χ4n) is 3.17. The summed E-state index contributed by atoms with van der Waals surface area (Å²) in [7, 11) is 1.64. The van der Waals surface area contributed by atoms with Crippen LogP contribution in [0.4, 0.5) is 0 Å². The average Bonchev–Trinajstić information content (AvgIpc) is 3.12. The van der Waals surface area contributed by atoms with Crippen molar-refractivity contribution in [3.8, 4) is 5.75 Å². The number of aromatic nitrogens is 1. The molecule has 0 unspecified atom stereocenters. The smallest absolute Gasteiger partial charge is 0.269 e. The number of benzene rings is 3. The van der Waals surface area contributed by atoms with Crippen LogP contribution in [-0.2, 0) is 6.54 Å². The number of hydrogen-bond acceptors (Lipinski definition) is 3. The number of H-pyrrole nitrogens is 1. The summed E-state index contributed by atoms with van der Waals surface area (Å²) in [5, 5.41) is 4.03. The summed E-state index contributed by atoms with van der Waals surface area (Å²) in [5.41, 5.74) is 3.65. The van der Waals surface area contributed by atoms with Crippen molar-refractivity contribution in [2.75, 3.05) is 7.11 Å². The molecule has 0 saturated heterocycles. The zero-order chi connectivity index (χ0) is 21.1. The highest BCUT2D eigenvalue weighted by atomic mass is 79.9. The summed E-state index contributed by atoms with van der Waals surface area (Å²) < 4.78 is 6.32. The first-order valence-electron chi connectivity index (χ1n) is 9.51. The van der Waals surface area contributed by atoms with Gasteiger partial charge in [0, 0.05) is 27.4 Å². The number of halogens is 1. The Labute approximate surface area is 188 Å². The molecule has 0 saturated carbocycles. The summed E-state index contributed by atoms with van der Waals surface area (Å²) >= 11 is 5.12. The molecule has 3 aromatic carbocycles. The fraction of sp³-hybridized carbons (Fsp3) is 0.125. The molecule has 1 amide bonds. The van der Waals surface area contributed by atoms with Gasteiger partial charge in [-0.3, -0.25) is 4.79 Å². The van der Waals surface area contributed by atoms with E-state index in [4.69, 9.17) is 4.74 Å². The minimum Gasteiger partial charge on any atom is -0.497 e. The second kappa shape index (κ2) is 8.98. The number of hydrogen-bond donors (Lipinski definition) is 2. The van der Waals surface area contributed by atoms with Gasteiger partial charge in [-0.2, -0.15) is 0 Å². The van der Waals surface area contributed by atoms with E-state index in [0.29, 0.717) is 12.2 Å². The fourth-order valence-corrected chi connectivity index (χ4v) is 4.64. The van der Waals surface area contributed by atoms with Crippen LogP contribution in [0.2, 0.25) is 0 Å². The molecule has 4 nitrogen and oxygen atoms in total. The molecular formula is C24H21BrN2O2S. The van der Waals surface area contributed by atoms with Crippen LogP contribution >= 0.6 is 27.7 Å². The van der Waals surface area contributed by atoms with Gasteiger partial charge in [0.2, 0.25) is 0 Å². The standard InChI is InChI=1S/C24H21BrN2O2S/c1-15-7-10-18(11-8-15)30-23-19-12-9-17(29-2)13-21(19)27-22(23)24(28)26-14-16-5-3-4-6-20(16)25/h3-13,27H,14H2,1-2H3,(H,26,28). The molecule has 152 valence electrons. The lowest BCUT2D eigenvalue weighted by atomic mass is 10.2. The third-order valence-electron chi connectivity index (χ3n) is 4.82. The first-order valence-corrected chi connectivity index (χ1v) is 11.1. The van der Waals surface area contributed by atoms with Crippen LogP contribution in [0.5, 0.6) is 5.75 Å². The van der Waals surface area contributed by atoms with E-state index in [1.165, 1.54) is 5.56 Å². The Morgan fingerprint density at radius 2 is 1.87 bits per heavy atom. The Balaban J connectivity index is 1.68. The molecule has 0 atom stereocenters. The second-order valence-electron chi connectivity index (χ2n) is 6.93. The van der Waals surface area contributed by atoms with Crippen LogP contribution in [0, 0.1) is 6.92 Å². The zero-order valence-electron chi connectivity index (χ0n) is 16.7. The first kappa shape index (κ1) is 20.6. The van der Waals surface area contributed by atoms with Crippen molar-refractivity contribution in [3.05, 3.63) is 88.0 Å². The van der Waals surface area contributed by atoms with E-state index in [9.17, 15) is 4.79 Å². The topological polar surface area (TPSA) is 54.1 Å². The van der Waals surface area contributed by atoms with Crippen molar-refractivity contribution in [1.82, 2.24) is 10.3 Å². The van der Waals surface area contributed by atoms with Crippen molar-refractivity contribution < 1.29 is 9.53 Å². The maximum Gasteiger partial charge on any atom is 0.269 e. The molecule has 30 heavy (non-hydrogen) atoms. The molecule has 0 bridgehead atoms. The van der Waals surface area contributed by atoms with Gasteiger partial charge in [0.25, 0.3) is 5.91 Å². The van der Waals surface area contributed by atoms with Gasteiger partial charge in [-0.15, -0.1) is 0 Å². The molecule has 1 aromatic heterocycles. The number of methoxy groups -OCH3 is 1. The highest BCUT2D eigenvalue weighted by Crippen LogP contribution is 2.38. The Morgan fingerprint density at radius 3 is 2.60 bits per heavy atom. The van der Waals surface area contributed by atoms with E-state index >= 15 is 0 Å². The maximum atomic E-state index is 13.1. The van der Waals surface area contributed by atoms with Crippen LogP contribution in [0.1, 0.15) is 21.6 Å². The SMILES string of the molecule is COc1ccc2c(Sc3ccc(C)cc3)c(C(=O)NCc3ccccc3Br)[nH]c2c1. The third-order valence-corrected chi connectivity index (χ3v) is 6.73. The Hall–Kier alpha value is -2.70. The lowest BCUT2D eigenvalue weighted by Crippen LogP contribution is -2.23. The van der Waals surface area contributed by atoms with Gasteiger partial charge in [-0.25, -0.2) is 0 Å². The molecule has 1 heterocycles. The molecule has 0 aliphatic carbocycles. The lowest BCUT2D eigenvalue weighted by Gasteiger charge is -2.08. The summed E-state index contributed by atoms with van der Waals surface area (Å²) in [6.45, 7) is 2.50. The molecule has 0 aliphatic heterocycles. The van der Waals surface area contributed by atoms with E-state index in [2.05, 4.69) is 57.4 Å². The number of fused-ring (bicyclic) bond motifs is 1. The molecule has 6 heteroatoms. The number of carbonyl (C=O) groups is 1. The number of nitrogens with one attached hydrogen (secondary N) is 2. The normalized spacial score (nSPS) is 10.9. The second-order valence-corrected chi connectivity index (χ2v) is 8.87. The Kier molecular flexibility index (Phi) is 6.16. The largest absolute Gasteiger partial charge is 0.497 e. The zero-order valence-corrected chi connectivity index (χ0v) is 19.1. The van der Waals surface area contributed by atoms with E-state index in [1.54, 1.807) is 18.9 Å². The monoisotopic (exact) mass is 480 g/mol. The van der Waals surface area contributed by atoms with Gasteiger partial charge in [0.05, 0.1) is 17.5 Å². The van der Waals surface area contributed by atoms with Crippen LogP contribution < -0.4 is 10.1 Å². The van der Waals surface area contributed by atoms with E-state index in [0.717, 1.165) is 36.5 Å². The van der Waals surface area contributed by atoms with Crippen LogP contribution in [0.3, 0.4) is 0 Å². The molecule has 2 N–H and O–H groups in total.